The fourth-order valence-electron chi connectivity index (χ4n) is 1.43. The molecule has 1 aromatic rings. The summed E-state index contributed by atoms with van der Waals surface area (Å²) in [6.07, 6.45) is 1.90. The van der Waals surface area contributed by atoms with Crippen LogP contribution in [0, 0.1) is 0 Å². The van der Waals surface area contributed by atoms with Gasteiger partial charge in [-0.1, -0.05) is 29.3 Å². The Morgan fingerprint density at radius 3 is 2.69 bits per heavy atom. The van der Waals surface area contributed by atoms with Gasteiger partial charge in [0.25, 0.3) is 0 Å². The average molecular weight is 260 g/mol. The Morgan fingerprint density at radius 2 is 2.06 bits per heavy atom. The van der Waals surface area contributed by atoms with Crippen molar-refractivity contribution in [3.05, 3.63) is 33.8 Å². The molecule has 88 valence electrons. The van der Waals surface area contributed by atoms with Crippen molar-refractivity contribution in [3.8, 4) is 0 Å². The molecule has 0 aliphatic carbocycles. The highest BCUT2D eigenvalue weighted by Gasteiger charge is 2.05. The van der Waals surface area contributed by atoms with E-state index < -0.39 is 0 Å². The molecule has 0 fully saturated rings. The van der Waals surface area contributed by atoms with Crippen LogP contribution in [-0.2, 0) is 11.2 Å². The van der Waals surface area contributed by atoms with Gasteiger partial charge in [-0.3, -0.25) is 4.79 Å². The maximum Gasteiger partial charge on any atom is 0.137 e. The lowest BCUT2D eigenvalue weighted by Crippen LogP contribution is -2.11. The standard InChI is InChI=1S/C12H15Cl2NO/c1-15-6-2-3-10(16)7-9-4-5-11(13)12(14)8-9/h4-5,8,15H,2-3,6-7H2,1H3. The van der Waals surface area contributed by atoms with Crippen molar-refractivity contribution < 1.29 is 4.79 Å². The molecule has 0 aliphatic rings. The molecule has 4 heteroatoms. The van der Waals surface area contributed by atoms with Crippen molar-refractivity contribution in [2.24, 2.45) is 0 Å². The van der Waals surface area contributed by atoms with Gasteiger partial charge < -0.3 is 5.32 Å². The Morgan fingerprint density at radius 1 is 1.31 bits per heavy atom. The summed E-state index contributed by atoms with van der Waals surface area (Å²) in [6, 6.07) is 5.31. The van der Waals surface area contributed by atoms with Gasteiger partial charge in [0.1, 0.15) is 5.78 Å². The maximum absolute atomic E-state index is 11.6. The van der Waals surface area contributed by atoms with Crippen LogP contribution >= 0.6 is 23.2 Å². The number of halogens is 2. The predicted octanol–water partition coefficient (Wildman–Crippen LogP) is 3.10. The third-order valence-electron chi connectivity index (χ3n) is 2.27. The van der Waals surface area contributed by atoms with E-state index in [1.807, 2.05) is 13.1 Å². The first kappa shape index (κ1) is 13.5. The second-order valence-electron chi connectivity index (χ2n) is 3.67. The van der Waals surface area contributed by atoms with Gasteiger partial charge in [0.05, 0.1) is 10.0 Å². The lowest BCUT2D eigenvalue weighted by atomic mass is 10.1. The van der Waals surface area contributed by atoms with Gasteiger partial charge in [0.2, 0.25) is 0 Å². The summed E-state index contributed by atoms with van der Waals surface area (Å²) in [5.41, 5.74) is 0.920. The van der Waals surface area contributed by atoms with Gasteiger partial charge >= 0.3 is 0 Å². The third-order valence-corrected chi connectivity index (χ3v) is 3.01. The molecule has 16 heavy (non-hydrogen) atoms. The van der Waals surface area contributed by atoms with Crippen LogP contribution < -0.4 is 5.32 Å². The molecule has 0 atom stereocenters. The number of benzene rings is 1. The molecular weight excluding hydrogens is 245 g/mol. The summed E-state index contributed by atoms with van der Waals surface area (Å²) >= 11 is 11.7. The van der Waals surface area contributed by atoms with Crippen molar-refractivity contribution in [2.45, 2.75) is 19.3 Å². The highest BCUT2D eigenvalue weighted by molar-refractivity contribution is 6.42. The van der Waals surface area contributed by atoms with Crippen LogP contribution in [0.25, 0.3) is 0 Å². The number of Topliss-reactive ketones (excluding diaryl/α,β-unsaturated/α-hetero) is 1. The topological polar surface area (TPSA) is 29.1 Å². The first-order valence-corrected chi connectivity index (χ1v) is 5.99. The summed E-state index contributed by atoms with van der Waals surface area (Å²) < 4.78 is 0. The van der Waals surface area contributed by atoms with E-state index in [0.717, 1.165) is 18.5 Å². The minimum absolute atomic E-state index is 0.230. The van der Waals surface area contributed by atoms with E-state index in [9.17, 15) is 4.79 Å². The molecular formula is C12H15Cl2NO. The molecule has 0 aromatic heterocycles. The number of hydrogen-bond donors (Lipinski definition) is 1. The summed E-state index contributed by atoms with van der Waals surface area (Å²) in [4.78, 5) is 11.6. The summed E-state index contributed by atoms with van der Waals surface area (Å²) in [5.74, 6) is 0.230. The highest BCUT2D eigenvalue weighted by atomic mass is 35.5. The van der Waals surface area contributed by atoms with E-state index >= 15 is 0 Å². The molecule has 0 aliphatic heterocycles. The van der Waals surface area contributed by atoms with Crippen LogP contribution in [-0.4, -0.2) is 19.4 Å². The maximum atomic E-state index is 11.6. The number of ketones is 1. The van der Waals surface area contributed by atoms with E-state index in [4.69, 9.17) is 23.2 Å². The SMILES string of the molecule is CNCCCC(=O)Cc1ccc(Cl)c(Cl)c1. The second kappa shape index (κ2) is 6.89. The number of rotatable bonds is 6. The van der Waals surface area contributed by atoms with E-state index in [1.165, 1.54) is 0 Å². The Hall–Kier alpha value is -0.570. The molecule has 0 bridgehead atoms. The molecule has 0 unspecified atom stereocenters. The molecule has 1 N–H and O–H groups in total. The molecule has 0 saturated carbocycles. The van der Waals surface area contributed by atoms with Crippen molar-refractivity contribution >= 4 is 29.0 Å². The number of carbonyl (C=O) groups excluding carboxylic acids is 1. The molecule has 1 aromatic carbocycles. The van der Waals surface area contributed by atoms with Crippen LogP contribution in [0.5, 0.6) is 0 Å². The molecule has 0 heterocycles. The first-order chi connectivity index (χ1) is 7.63. The fraction of sp³-hybridized carbons (Fsp3) is 0.417. The van der Waals surface area contributed by atoms with Gasteiger partial charge in [0.15, 0.2) is 0 Å². The predicted molar refractivity (Wildman–Crippen MR) is 68.3 cm³/mol. The quantitative estimate of drug-likeness (QED) is 0.796. The normalized spacial score (nSPS) is 10.4. The molecule has 0 radical (unpaired) electrons. The monoisotopic (exact) mass is 259 g/mol. The smallest absolute Gasteiger partial charge is 0.137 e. The summed E-state index contributed by atoms with van der Waals surface area (Å²) in [5, 5.41) is 4.04. The fourth-order valence-corrected chi connectivity index (χ4v) is 1.75. The van der Waals surface area contributed by atoms with E-state index in [1.54, 1.807) is 12.1 Å². The van der Waals surface area contributed by atoms with E-state index in [2.05, 4.69) is 5.32 Å². The lowest BCUT2D eigenvalue weighted by molar-refractivity contribution is -0.118. The summed E-state index contributed by atoms with van der Waals surface area (Å²) in [6.45, 7) is 0.868. The Balaban J connectivity index is 2.46. The number of carbonyl (C=O) groups is 1. The molecule has 0 spiro atoms. The third kappa shape index (κ3) is 4.52. The Labute approximate surface area is 106 Å². The Bertz CT molecular complexity index is 366. The van der Waals surface area contributed by atoms with Gasteiger partial charge in [0, 0.05) is 12.8 Å². The number of hydrogen-bond acceptors (Lipinski definition) is 2. The van der Waals surface area contributed by atoms with Crippen molar-refractivity contribution in [1.82, 2.24) is 5.32 Å². The van der Waals surface area contributed by atoms with Crippen LogP contribution in [0.2, 0.25) is 10.0 Å². The van der Waals surface area contributed by atoms with Crippen LogP contribution in [0.3, 0.4) is 0 Å². The van der Waals surface area contributed by atoms with E-state index in [0.29, 0.717) is 22.9 Å². The van der Waals surface area contributed by atoms with Crippen LogP contribution in [0.1, 0.15) is 18.4 Å². The van der Waals surface area contributed by atoms with Gasteiger partial charge in [-0.25, -0.2) is 0 Å². The molecule has 1 rings (SSSR count). The number of nitrogens with one attached hydrogen (secondary N) is 1. The zero-order valence-corrected chi connectivity index (χ0v) is 10.7. The van der Waals surface area contributed by atoms with Crippen molar-refractivity contribution in [1.29, 1.82) is 0 Å². The van der Waals surface area contributed by atoms with Crippen molar-refractivity contribution in [2.75, 3.05) is 13.6 Å². The largest absolute Gasteiger partial charge is 0.320 e. The minimum Gasteiger partial charge on any atom is -0.320 e. The zero-order valence-electron chi connectivity index (χ0n) is 9.22. The van der Waals surface area contributed by atoms with Gasteiger partial charge in [-0.05, 0) is 37.7 Å². The van der Waals surface area contributed by atoms with Gasteiger partial charge in [-0.2, -0.15) is 0 Å². The minimum atomic E-state index is 0.230. The van der Waals surface area contributed by atoms with Gasteiger partial charge in [-0.15, -0.1) is 0 Å². The average Bonchev–Trinajstić information content (AvgIpc) is 2.24. The molecule has 0 saturated heterocycles. The molecule has 0 amide bonds. The lowest BCUT2D eigenvalue weighted by Gasteiger charge is -2.03. The molecule has 2 nitrogen and oxygen atoms in total. The van der Waals surface area contributed by atoms with Crippen LogP contribution in [0.15, 0.2) is 18.2 Å². The first-order valence-electron chi connectivity index (χ1n) is 5.23. The zero-order chi connectivity index (χ0) is 12.0. The second-order valence-corrected chi connectivity index (χ2v) is 4.49. The summed E-state index contributed by atoms with van der Waals surface area (Å²) in [7, 11) is 1.88. The Kier molecular flexibility index (Phi) is 5.81. The van der Waals surface area contributed by atoms with Crippen molar-refractivity contribution in [3.63, 3.8) is 0 Å². The van der Waals surface area contributed by atoms with Crippen LogP contribution in [0.4, 0.5) is 0 Å². The highest BCUT2D eigenvalue weighted by Crippen LogP contribution is 2.22. The van der Waals surface area contributed by atoms with E-state index in [-0.39, 0.29) is 5.78 Å².